The molecule has 2 unspecified atom stereocenters. The first kappa shape index (κ1) is 17.0. The van der Waals surface area contributed by atoms with Gasteiger partial charge < -0.3 is 4.57 Å². The second kappa shape index (κ2) is 6.55. The first-order valence-corrected chi connectivity index (χ1v) is 8.78. The number of likely N-dealkylation sites (tertiary alicyclic amines) is 1. The van der Waals surface area contributed by atoms with Crippen molar-refractivity contribution in [1.29, 1.82) is 0 Å². The average molecular weight is 333 g/mol. The van der Waals surface area contributed by atoms with Gasteiger partial charge in [0, 0.05) is 39.3 Å². The zero-order valence-corrected chi connectivity index (χ0v) is 15.0. The maximum Gasteiger partial charge on any atom is 0.332 e. The number of aromatic nitrogens is 4. The van der Waals surface area contributed by atoms with Crippen LogP contribution in [0.3, 0.4) is 0 Å². The van der Waals surface area contributed by atoms with Gasteiger partial charge in [-0.15, -0.1) is 0 Å². The minimum absolute atomic E-state index is 0.273. The molecule has 3 rings (SSSR count). The number of nitrogens with zero attached hydrogens (tertiary/aromatic N) is 5. The van der Waals surface area contributed by atoms with E-state index in [9.17, 15) is 9.59 Å². The molecule has 1 aliphatic heterocycles. The molecule has 0 saturated carbocycles. The Hall–Kier alpha value is -1.89. The van der Waals surface area contributed by atoms with Crippen LogP contribution < -0.4 is 11.2 Å². The lowest BCUT2D eigenvalue weighted by molar-refractivity contribution is 0.101. The molecule has 24 heavy (non-hydrogen) atoms. The van der Waals surface area contributed by atoms with Crippen LogP contribution in [0.2, 0.25) is 0 Å². The van der Waals surface area contributed by atoms with Crippen LogP contribution in [0.5, 0.6) is 0 Å². The molecule has 2 atom stereocenters. The Bertz CT molecular complexity index is 837. The summed E-state index contributed by atoms with van der Waals surface area (Å²) in [5.41, 5.74) is 0.362. The van der Waals surface area contributed by atoms with Crippen molar-refractivity contribution < 1.29 is 0 Å². The molecular weight excluding hydrogens is 306 g/mol. The van der Waals surface area contributed by atoms with E-state index in [1.54, 1.807) is 13.4 Å². The van der Waals surface area contributed by atoms with Gasteiger partial charge in [0.25, 0.3) is 5.56 Å². The van der Waals surface area contributed by atoms with Gasteiger partial charge >= 0.3 is 5.69 Å². The molecule has 2 aromatic rings. The van der Waals surface area contributed by atoms with Gasteiger partial charge in [0.15, 0.2) is 11.2 Å². The van der Waals surface area contributed by atoms with E-state index in [4.69, 9.17) is 0 Å². The molecule has 0 spiro atoms. The smallest absolute Gasteiger partial charge is 0.325 e. The van der Waals surface area contributed by atoms with Gasteiger partial charge in [0.05, 0.1) is 6.33 Å². The highest BCUT2D eigenvalue weighted by Crippen LogP contribution is 2.22. The minimum atomic E-state index is -0.339. The van der Waals surface area contributed by atoms with E-state index in [2.05, 4.69) is 23.7 Å². The quantitative estimate of drug-likeness (QED) is 0.840. The lowest BCUT2D eigenvalue weighted by Gasteiger charge is -2.39. The molecule has 3 heterocycles. The van der Waals surface area contributed by atoms with Crippen LogP contribution in [-0.4, -0.2) is 42.2 Å². The Balaban J connectivity index is 1.79. The van der Waals surface area contributed by atoms with E-state index in [0.29, 0.717) is 23.2 Å². The standard InChI is InChI=1S/C17H27N5O2/c1-12-7-5-8-13(2)22(12)10-6-9-21-11-18-15-14(21)16(23)20(4)17(24)19(15)3/h11-13H,5-10H2,1-4H3. The first-order chi connectivity index (χ1) is 11.4. The maximum atomic E-state index is 12.4. The highest BCUT2D eigenvalue weighted by Gasteiger charge is 2.24. The summed E-state index contributed by atoms with van der Waals surface area (Å²) in [5, 5.41) is 0. The third-order valence-electron chi connectivity index (χ3n) is 5.41. The third kappa shape index (κ3) is 2.81. The van der Waals surface area contributed by atoms with E-state index < -0.39 is 0 Å². The second-order valence-corrected chi connectivity index (χ2v) is 7.04. The summed E-state index contributed by atoms with van der Waals surface area (Å²) in [6, 6.07) is 1.25. The second-order valence-electron chi connectivity index (χ2n) is 7.04. The zero-order valence-electron chi connectivity index (χ0n) is 15.0. The van der Waals surface area contributed by atoms with E-state index in [-0.39, 0.29) is 11.2 Å². The van der Waals surface area contributed by atoms with Gasteiger partial charge in [-0.2, -0.15) is 0 Å². The molecule has 132 valence electrons. The van der Waals surface area contributed by atoms with Gasteiger partial charge in [0.1, 0.15) is 0 Å². The van der Waals surface area contributed by atoms with Crippen molar-refractivity contribution >= 4 is 11.2 Å². The topological polar surface area (TPSA) is 65.1 Å². The first-order valence-electron chi connectivity index (χ1n) is 8.78. The molecule has 0 amide bonds. The Morgan fingerprint density at radius 3 is 2.42 bits per heavy atom. The van der Waals surface area contributed by atoms with Crippen LogP contribution in [-0.2, 0) is 20.6 Å². The van der Waals surface area contributed by atoms with Gasteiger partial charge in [0.2, 0.25) is 0 Å². The summed E-state index contributed by atoms with van der Waals surface area (Å²) < 4.78 is 4.47. The summed E-state index contributed by atoms with van der Waals surface area (Å²) in [6.07, 6.45) is 6.48. The Morgan fingerprint density at radius 2 is 1.75 bits per heavy atom. The maximum absolute atomic E-state index is 12.4. The number of hydrogen-bond donors (Lipinski definition) is 0. The summed E-state index contributed by atoms with van der Waals surface area (Å²) >= 11 is 0. The normalized spacial score (nSPS) is 22.3. The van der Waals surface area contributed by atoms with Crippen molar-refractivity contribution in [2.75, 3.05) is 6.54 Å². The molecule has 0 bridgehead atoms. The van der Waals surface area contributed by atoms with Crippen molar-refractivity contribution in [3.8, 4) is 0 Å². The fourth-order valence-electron chi connectivity index (χ4n) is 3.91. The Kier molecular flexibility index (Phi) is 4.62. The summed E-state index contributed by atoms with van der Waals surface area (Å²) in [6.45, 7) is 6.36. The SMILES string of the molecule is CC1CCCC(C)N1CCCn1cnc2c1c(=O)n(C)c(=O)n2C. The molecule has 0 N–H and O–H groups in total. The van der Waals surface area contributed by atoms with E-state index >= 15 is 0 Å². The molecule has 1 saturated heterocycles. The number of hydrogen-bond acceptors (Lipinski definition) is 4. The molecular formula is C17H27N5O2. The summed E-state index contributed by atoms with van der Waals surface area (Å²) in [7, 11) is 3.16. The fourth-order valence-corrected chi connectivity index (χ4v) is 3.91. The number of piperidine rings is 1. The van der Waals surface area contributed by atoms with Crippen LogP contribution in [0, 0.1) is 0 Å². The fraction of sp³-hybridized carbons (Fsp3) is 0.706. The average Bonchev–Trinajstić information content (AvgIpc) is 2.98. The predicted molar refractivity (Wildman–Crippen MR) is 94.3 cm³/mol. The van der Waals surface area contributed by atoms with Crippen LogP contribution >= 0.6 is 0 Å². The van der Waals surface area contributed by atoms with Crippen LogP contribution in [0.25, 0.3) is 11.2 Å². The van der Waals surface area contributed by atoms with Gasteiger partial charge in [-0.05, 0) is 33.1 Å². The summed E-state index contributed by atoms with van der Waals surface area (Å²) in [5.74, 6) is 0. The van der Waals surface area contributed by atoms with Crippen LogP contribution in [0.4, 0.5) is 0 Å². The molecule has 7 heteroatoms. The number of aryl methyl sites for hydroxylation is 2. The van der Waals surface area contributed by atoms with Gasteiger partial charge in [-0.25, -0.2) is 9.78 Å². The predicted octanol–water partition coefficient (Wildman–Crippen LogP) is 1.09. The molecule has 7 nitrogen and oxygen atoms in total. The number of imidazole rings is 1. The van der Waals surface area contributed by atoms with Crippen molar-refractivity contribution in [1.82, 2.24) is 23.6 Å². The molecule has 2 aromatic heterocycles. The minimum Gasteiger partial charge on any atom is -0.325 e. The van der Waals surface area contributed by atoms with Crippen molar-refractivity contribution in [3.05, 3.63) is 27.2 Å². The van der Waals surface area contributed by atoms with Crippen LogP contribution in [0.15, 0.2) is 15.9 Å². The lowest BCUT2D eigenvalue weighted by Crippen LogP contribution is -2.44. The van der Waals surface area contributed by atoms with Crippen molar-refractivity contribution in [2.24, 2.45) is 14.1 Å². The highest BCUT2D eigenvalue weighted by molar-refractivity contribution is 5.69. The highest BCUT2D eigenvalue weighted by atomic mass is 16.2. The Labute approximate surface area is 141 Å². The molecule has 1 aliphatic rings. The van der Waals surface area contributed by atoms with E-state index in [1.807, 2.05) is 4.57 Å². The zero-order chi connectivity index (χ0) is 17.4. The molecule has 1 fully saturated rings. The molecule has 0 radical (unpaired) electrons. The van der Waals surface area contributed by atoms with Crippen molar-refractivity contribution in [2.45, 2.75) is 58.2 Å². The molecule has 0 aromatic carbocycles. The van der Waals surface area contributed by atoms with Crippen molar-refractivity contribution in [3.63, 3.8) is 0 Å². The summed E-state index contributed by atoms with van der Waals surface area (Å²) in [4.78, 5) is 31.2. The molecule has 0 aliphatic carbocycles. The lowest BCUT2D eigenvalue weighted by atomic mass is 9.97. The Morgan fingerprint density at radius 1 is 1.08 bits per heavy atom. The number of fused-ring (bicyclic) bond motifs is 1. The van der Waals surface area contributed by atoms with Gasteiger partial charge in [-0.3, -0.25) is 18.8 Å². The van der Waals surface area contributed by atoms with Gasteiger partial charge in [-0.1, -0.05) is 6.42 Å². The third-order valence-corrected chi connectivity index (χ3v) is 5.41. The monoisotopic (exact) mass is 333 g/mol. The van der Waals surface area contributed by atoms with E-state index in [1.165, 1.54) is 30.9 Å². The van der Waals surface area contributed by atoms with Crippen LogP contribution in [0.1, 0.15) is 39.5 Å². The van der Waals surface area contributed by atoms with E-state index in [0.717, 1.165) is 24.1 Å². The largest absolute Gasteiger partial charge is 0.332 e. The number of rotatable bonds is 4.